The van der Waals surface area contributed by atoms with Crippen LogP contribution in [0.15, 0.2) is 5.28 Å². The highest BCUT2D eigenvalue weighted by molar-refractivity contribution is 5.77. The van der Waals surface area contributed by atoms with E-state index < -0.39 is 11.5 Å². The third kappa shape index (κ3) is 2.89. The van der Waals surface area contributed by atoms with Crippen LogP contribution in [-0.4, -0.2) is 30.1 Å². The standard InChI is InChI=1S/C7H14N2O4/c1-5-13-8-9(11)7(2,3)6(10)12-4/h5H2,1-4H3/b9-8+. The SMILES string of the molecule is CCO/N=[N+](/[O-])C(C)(C)C(=O)OC. The number of hydroxylamine groups is 1. The lowest BCUT2D eigenvalue weighted by atomic mass is 10.1. The number of carbonyl (C=O) groups is 1. The Morgan fingerprint density at radius 2 is 2.15 bits per heavy atom. The van der Waals surface area contributed by atoms with E-state index >= 15 is 0 Å². The third-order valence-corrected chi connectivity index (χ3v) is 1.42. The van der Waals surface area contributed by atoms with Gasteiger partial charge in [-0.3, -0.25) is 0 Å². The van der Waals surface area contributed by atoms with Crippen LogP contribution in [0.3, 0.4) is 0 Å². The minimum Gasteiger partial charge on any atom is -0.596 e. The van der Waals surface area contributed by atoms with Gasteiger partial charge in [-0.05, 0) is 11.8 Å². The molecular formula is C7H14N2O4. The maximum Gasteiger partial charge on any atom is 0.381 e. The molecule has 13 heavy (non-hydrogen) atoms. The van der Waals surface area contributed by atoms with Crippen LogP contribution in [0.1, 0.15) is 20.8 Å². The van der Waals surface area contributed by atoms with Crippen molar-refractivity contribution in [2.24, 2.45) is 5.28 Å². The highest BCUT2D eigenvalue weighted by Crippen LogP contribution is 2.10. The van der Waals surface area contributed by atoms with E-state index in [9.17, 15) is 10.0 Å². The zero-order chi connectivity index (χ0) is 10.5. The molecule has 0 aliphatic carbocycles. The molecule has 0 aliphatic heterocycles. The largest absolute Gasteiger partial charge is 0.596 e. The van der Waals surface area contributed by atoms with Gasteiger partial charge in [0.25, 0.3) is 5.54 Å². The Morgan fingerprint density at radius 1 is 1.62 bits per heavy atom. The second-order valence-corrected chi connectivity index (χ2v) is 2.82. The quantitative estimate of drug-likeness (QED) is 0.285. The summed E-state index contributed by atoms with van der Waals surface area (Å²) in [5.74, 6) is -0.661. The van der Waals surface area contributed by atoms with Crippen molar-refractivity contribution in [3.05, 3.63) is 5.21 Å². The van der Waals surface area contributed by atoms with Crippen LogP contribution in [0.4, 0.5) is 0 Å². The lowest BCUT2D eigenvalue weighted by Gasteiger charge is -2.16. The summed E-state index contributed by atoms with van der Waals surface area (Å²) in [4.78, 5) is 15.7. The molecule has 6 nitrogen and oxygen atoms in total. The fraction of sp³-hybridized carbons (Fsp3) is 0.857. The Hall–Kier alpha value is -1.33. The number of ether oxygens (including phenoxy) is 1. The van der Waals surface area contributed by atoms with Crippen molar-refractivity contribution in [2.75, 3.05) is 13.7 Å². The van der Waals surface area contributed by atoms with E-state index in [1.165, 1.54) is 21.0 Å². The van der Waals surface area contributed by atoms with Crippen molar-refractivity contribution in [3.8, 4) is 0 Å². The van der Waals surface area contributed by atoms with Gasteiger partial charge in [0, 0.05) is 13.8 Å². The molecule has 0 aromatic heterocycles. The molecule has 0 spiro atoms. The lowest BCUT2D eigenvalue weighted by Crippen LogP contribution is -2.41. The molecule has 0 bridgehead atoms. The molecule has 0 radical (unpaired) electrons. The summed E-state index contributed by atoms with van der Waals surface area (Å²) in [6.45, 7) is 4.75. The highest BCUT2D eigenvalue weighted by Gasteiger charge is 2.40. The molecule has 6 heteroatoms. The minimum atomic E-state index is -1.36. The second-order valence-electron chi connectivity index (χ2n) is 2.82. The molecule has 76 valence electrons. The van der Waals surface area contributed by atoms with Crippen LogP contribution in [-0.2, 0) is 14.4 Å². The van der Waals surface area contributed by atoms with Gasteiger partial charge in [-0.25, -0.2) is 4.79 Å². The molecule has 0 N–H and O–H groups in total. The first-order valence-corrected chi connectivity index (χ1v) is 3.85. The predicted octanol–water partition coefficient (Wildman–Crippen LogP) is 0.852. The number of nitrogens with zero attached hydrogens (tertiary/aromatic N) is 2. The van der Waals surface area contributed by atoms with E-state index in [1.54, 1.807) is 6.92 Å². The summed E-state index contributed by atoms with van der Waals surface area (Å²) in [5, 5.41) is 14.3. The monoisotopic (exact) mass is 190 g/mol. The van der Waals surface area contributed by atoms with Gasteiger partial charge in [0.1, 0.15) is 6.61 Å². The molecule has 0 saturated heterocycles. The molecule has 0 atom stereocenters. The van der Waals surface area contributed by atoms with E-state index in [-0.39, 0.29) is 11.5 Å². The zero-order valence-corrected chi connectivity index (χ0v) is 8.23. The summed E-state index contributed by atoms with van der Waals surface area (Å²) >= 11 is 0. The Labute approximate surface area is 76.7 Å². The average Bonchev–Trinajstić information content (AvgIpc) is 2.12. The first kappa shape index (κ1) is 11.7. The van der Waals surface area contributed by atoms with Gasteiger partial charge in [0.05, 0.1) is 7.11 Å². The number of carbonyl (C=O) groups excluding carboxylic acids is 1. The highest BCUT2D eigenvalue weighted by atomic mass is 16.7. The molecule has 0 heterocycles. The summed E-state index contributed by atoms with van der Waals surface area (Å²) in [5.41, 5.74) is -1.36. The van der Waals surface area contributed by atoms with Crippen LogP contribution in [0.2, 0.25) is 0 Å². The normalized spacial score (nSPS) is 12.5. The van der Waals surface area contributed by atoms with Crippen molar-refractivity contribution in [2.45, 2.75) is 26.3 Å². The number of esters is 1. The topological polar surface area (TPSA) is 74.0 Å². The second kappa shape index (κ2) is 4.64. The molecule has 0 aliphatic rings. The van der Waals surface area contributed by atoms with Crippen molar-refractivity contribution < 1.29 is 19.2 Å². The Morgan fingerprint density at radius 3 is 2.54 bits per heavy atom. The van der Waals surface area contributed by atoms with E-state index in [0.29, 0.717) is 0 Å². The summed E-state index contributed by atoms with van der Waals surface area (Å²) in [6.07, 6.45) is 0. The van der Waals surface area contributed by atoms with Gasteiger partial charge in [0.15, 0.2) is 0 Å². The molecule has 0 aromatic rings. The van der Waals surface area contributed by atoms with E-state index in [4.69, 9.17) is 0 Å². The van der Waals surface area contributed by atoms with Gasteiger partial charge >= 0.3 is 5.97 Å². The van der Waals surface area contributed by atoms with Crippen molar-refractivity contribution in [1.82, 2.24) is 0 Å². The molecule has 0 aromatic carbocycles. The fourth-order valence-electron chi connectivity index (χ4n) is 0.540. The van der Waals surface area contributed by atoms with Crippen molar-refractivity contribution in [1.29, 1.82) is 0 Å². The Kier molecular flexibility index (Phi) is 4.16. The number of rotatable bonds is 4. The van der Waals surface area contributed by atoms with Crippen molar-refractivity contribution >= 4 is 5.97 Å². The van der Waals surface area contributed by atoms with Crippen molar-refractivity contribution in [3.63, 3.8) is 0 Å². The first-order valence-electron chi connectivity index (χ1n) is 3.85. The zero-order valence-electron chi connectivity index (χ0n) is 8.23. The molecule has 0 fully saturated rings. The van der Waals surface area contributed by atoms with Gasteiger partial charge in [-0.2, -0.15) is 0 Å². The van der Waals surface area contributed by atoms with Gasteiger partial charge in [-0.15, -0.1) is 0 Å². The van der Waals surface area contributed by atoms with E-state index in [1.807, 2.05) is 0 Å². The summed E-state index contributed by atoms with van der Waals surface area (Å²) in [7, 11) is 1.21. The Bertz CT molecular complexity index is 213. The minimum absolute atomic E-state index is 0.183. The fourth-order valence-corrected chi connectivity index (χ4v) is 0.540. The van der Waals surface area contributed by atoms with E-state index in [2.05, 4.69) is 14.9 Å². The van der Waals surface area contributed by atoms with Crippen LogP contribution >= 0.6 is 0 Å². The molecule has 0 rings (SSSR count). The van der Waals surface area contributed by atoms with Crippen LogP contribution in [0, 0.1) is 5.21 Å². The first-order chi connectivity index (χ1) is 5.96. The maximum atomic E-state index is 11.1. The Balaban J connectivity index is 4.52. The average molecular weight is 190 g/mol. The molecular weight excluding hydrogens is 176 g/mol. The van der Waals surface area contributed by atoms with Gasteiger partial charge < -0.3 is 14.8 Å². The number of methoxy groups -OCH3 is 1. The summed E-state index contributed by atoms with van der Waals surface area (Å²) in [6, 6.07) is 0. The maximum absolute atomic E-state index is 11.1. The third-order valence-electron chi connectivity index (χ3n) is 1.42. The lowest BCUT2D eigenvalue weighted by molar-refractivity contribution is -0.613. The van der Waals surface area contributed by atoms with E-state index in [0.717, 1.165) is 0 Å². The van der Waals surface area contributed by atoms with Gasteiger partial charge in [-0.1, -0.05) is 0 Å². The van der Waals surface area contributed by atoms with Crippen LogP contribution in [0.25, 0.3) is 0 Å². The summed E-state index contributed by atoms with van der Waals surface area (Å²) < 4.78 is 4.42. The number of hydrogen-bond donors (Lipinski definition) is 0. The van der Waals surface area contributed by atoms with Crippen LogP contribution in [0.5, 0.6) is 0 Å². The number of hydrogen-bond acceptors (Lipinski definition) is 5. The predicted molar refractivity (Wildman–Crippen MR) is 43.8 cm³/mol. The molecule has 0 saturated carbocycles. The smallest absolute Gasteiger partial charge is 0.381 e. The van der Waals surface area contributed by atoms with Crippen LogP contribution < -0.4 is 0 Å². The van der Waals surface area contributed by atoms with Gasteiger partial charge in [0.2, 0.25) is 5.28 Å². The molecule has 0 amide bonds. The molecule has 0 unspecified atom stereocenters.